The number of nitrogens with one attached hydrogen (secondary N) is 3. The summed E-state index contributed by atoms with van der Waals surface area (Å²) < 4.78 is 34.7. The molecule has 214 valence electrons. The number of ether oxygens (including phenoxy) is 1. The van der Waals surface area contributed by atoms with Crippen LogP contribution in [0.5, 0.6) is 5.88 Å². The van der Waals surface area contributed by atoms with Crippen LogP contribution in [0.1, 0.15) is 43.4 Å². The fourth-order valence-corrected chi connectivity index (χ4v) is 4.49. The van der Waals surface area contributed by atoms with Gasteiger partial charge in [-0.05, 0) is 49.6 Å². The number of likely N-dealkylation sites (N-methyl/N-ethyl adjacent to an activating group) is 1. The molecule has 1 aromatic heterocycles. The van der Waals surface area contributed by atoms with Crippen molar-refractivity contribution in [3.63, 3.8) is 0 Å². The molecule has 1 fully saturated rings. The summed E-state index contributed by atoms with van der Waals surface area (Å²) in [5.74, 6) is -1.61. The predicted molar refractivity (Wildman–Crippen MR) is 145 cm³/mol. The molecule has 0 bridgehead atoms. The number of carbonyl (C=O) groups excluding carboxylic acids is 2. The number of aromatic nitrogens is 2. The topological polar surface area (TPSA) is 110 Å². The third-order valence-electron chi connectivity index (χ3n) is 6.67. The lowest BCUT2D eigenvalue weighted by molar-refractivity contribution is -0.207. The third kappa shape index (κ3) is 7.13. The summed E-state index contributed by atoms with van der Waals surface area (Å²) in [5, 5.41) is 14.7. The summed E-state index contributed by atoms with van der Waals surface area (Å²) >= 11 is 0. The number of anilines is 1. The van der Waals surface area contributed by atoms with Crippen LogP contribution in [0.2, 0.25) is 0 Å². The molecule has 1 saturated heterocycles. The van der Waals surface area contributed by atoms with E-state index in [1.54, 1.807) is 16.7 Å². The molecule has 2 aromatic carbocycles. The van der Waals surface area contributed by atoms with Gasteiger partial charge in [0.25, 0.3) is 5.91 Å². The molecule has 40 heavy (non-hydrogen) atoms. The van der Waals surface area contributed by atoms with E-state index in [-0.39, 0.29) is 24.4 Å². The highest BCUT2D eigenvalue weighted by Crippen LogP contribution is 2.30. The Morgan fingerprint density at radius 3 is 2.62 bits per heavy atom. The van der Waals surface area contributed by atoms with Crippen molar-refractivity contribution in [2.24, 2.45) is 0 Å². The highest BCUT2D eigenvalue weighted by atomic mass is 19.2. The van der Waals surface area contributed by atoms with Crippen LogP contribution < -0.4 is 20.7 Å². The van der Waals surface area contributed by atoms with E-state index in [4.69, 9.17) is 9.57 Å². The van der Waals surface area contributed by atoms with Gasteiger partial charge in [0, 0.05) is 32.6 Å². The molecule has 1 aliphatic rings. The van der Waals surface area contributed by atoms with Gasteiger partial charge in [0.1, 0.15) is 11.9 Å². The first-order valence-electron chi connectivity index (χ1n) is 13.2. The van der Waals surface area contributed by atoms with Crippen molar-refractivity contribution >= 4 is 17.8 Å². The van der Waals surface area contributed by atoms with Crippen molar-refractivity contribution in [2.75, 3.05) is 32.1 Å². The highest BCUT2D eigenvalue weighted by molar-refractivity contribution is 5.90. The minimum Gasteiger partial charge on any atom is -0.466 e. The van der Waals surface area contributed by atoms with Crippen LogP contribution in [0.3, 0.4) is 0 Å². The van der Waals surface area contributed by atoms with Gasteiger partial charge in [-0.25, -0.2) is 18.3 Å². The van der Waals surface area contributed by atoms with Crippen LogP contribution in [-0.4, -0.2) is 59.6 Å². The van der Waals surface area contributed by atoms with Gasteiger partial charge in [-0.1, -0.05) is 31.2 Å². The summed E-state index contributed by atoms with van der Waals surface area (Å²) in [6.07, 6.45) is 1.20. The van der Waals surface area contributed by atoms with Gasteiger partial charge in [0.05, 0.1) is 11.3 Å². The van der Waals surface area contributed by atoms with Crippen LogP contribution in [0, 0.1) is 18.6 Å². The smallest absolute Gasteiger partial charge is 0.320 e. The maximum atomic E-state index is 14.0. The van der Waals surface area contributed by atoms with Gasteiger partial charge in [-0.3, -0.25) is 14.9 Å². The largest absolute Gasteiger partial charge is 0.466 e. The lowest BCUT2D eigenvalue weighted by Crippen LogP contribution is -2.42. The second-order valence-corrected chi connectivity index (χ2v) is 9.45. The van der Waals surface area contributed by atoms with E-state index < -0.39 is 23.8 Å². The Labute approximate surface area is 231 Å². The fourth-order valence-electron chi connectivity index (χ4n) is 4.49. The number of benzene rings is 2. The molecule has 0 saturated carbocycles. The van der Waals surface area contributed by atoms with E-state index >= 15 is 0 Å². The molecular weight excluding hydrogens is 522 g/mol. The number of nitrogens with zero attached hydrogens (tertiary/aromatic N) is 3. The minimum atomic E-state index is -0.951. The van der Waals surface area contributed by atoms with Crippen molar-refractivity contribution in [2.45, 2.75) is 45.3 Å². The van der Waals surface area contributed by atoms with Crippen LogP contribution in [-0.2, 0) is 9.63 Å². The molecular formula is C28H34F2N6O4. The zero-order chi connectivity index (χ0) is 28.6. The third-order valence-corrected chi connectivity index (χ3v) is 6.67. The van der Waals surface area contributed by atoms with Crippen LogP contribution in [0.4, 0.5) is 19.4 Å². The van der Waals surface area contributed by atoms with Crippen molar-refractivity contribution in [1.29, 1.82) is 0 Å². The van der Waals surface area contributed by atoms with Gasteiger partial charge in [-0.2, -0.15) is 5.06 Å². The lowest BCUT2D eigenvalue weighted by atomic mass is 9.98. The zero-order valence-corrected chi connectivity index (χ0v) is 22.7. The first-order valence-corrected chi connectivity index (χ1v) is 13.2. The fraction of sp³-hybridized carbons (Fsp3) is 0.393. The second kappa shape index (κ2) is 13.4. The van der Waals surface area contributed by atoms with E-state index in [1.807, 2.05) is 37.3 Å². The summed E-state index contributed by atoms with van der Waals surface area (Å²) in [4.78, 5) is 31.1. The number of carbonyl (C=O) groups is 2. The number of halogens is 2. The van der Waals surface area contributed by atoms with E-state index in [1.165, 1.54) is 13.1 Å². The van der Waals surface area contributed by atoms with Crippen molar-refractivity contribution in [3.05, 3.63) is 71.3 Å². The molecule has 1 unspecified atom stereocenters. The van der Waals surface area contributed by atoms with Crippen molar-refractivity contribution in [1.82, 2.24) is 25.5 Å². The number of urea groups is 1. The zero-order valence-electron chi connectivity index (χ0n) is 22.7. The van der Waals surface area contributed by atoms with Gasteiger partial charge < -0.3 is 15.4 Å². The normalized spacial score (nSPS) is 17.9. The van der Waals surface area contributed by atoms with Gasteiger partial charge in [-0.15, -0.1) is 5.10 Å². The number of para-hydroxylation sites is 1. The van der Waals surface area contributed by atoms with Gasteiger partial charge in [0.2, 0.25) is 5.88 Å². The summed E-state index contributed by atoms with van der Waals surface area (Å²) in [6.45, 7) is 4.73. The molecule has 3 N–H and O–H groups in total. The molecule has 0 aliphatic carbocycles. The Bertz CT molecular complexity index is 1320. The Morgan fingerprint density at radius 2 is 1.93 bits per heavy atom. The SMILES string of the molecule is CCN1CCC[C@H](NC(=O)Nc2c(C)c(OCC(=O)NC)nn2-c2ccccc2)CC(c2ccc(F)c(F)c2)O1. The molecule has 2 atom stereocenters. The molecule has 10 nitrogen and oxygen atoms in total. The Morgan fingerprint density at radius 1 is 1.15 bits per heavy atom. The summed E-state index contributed by atoms with van der Waals surface area (Å²) in [7, 11) is 1.51. The molecule has 3 amide bonds. The molecule has 2 heterocycles. The molecule has 12 heteroatoms. The Hall–Kier alpha value is -4.03. The van der Waals surface area contributed by atoms with Crippen LogP contribution >= 0.6 is 0 Å². The van der Waals surface area contributed by atoms with Crippen LogP contribution in [0.25, 0.3) is 5.69 Å². The molecule has 1 aliphatic heterocycles. The maximum absolute atomic E-state index is 14.0. The van der Waals surface area contributed by atoms with E-state index in [2.05, 4.69) is 21.0 Å². The van der Waals surface area contributed by atoms with Crippen LogP contribution in [0.15, 0.2) is 48.5 Å². The quantitative estimate of drug-likeness (QED) is 0.383. The lowest BCUT2D eigenvalue weighted by Gasteiger charge is -2.33. The molecule has 4 rings (SSSR count). The van der Waals surface area contributed by atoms with Crippen molar-refractivity contribution < 1.29 is 27.9 Å². The summed E-state index contributed by atoms with van der Waals surface area (Å²) in [6, 6.07) is 12.1. The number of hydroxylamine groups is 2. The Kier molecular flexibility index (Phi) is 9.67. The number of hydrogen-bond donors (Lipinski definition) is 3. The highest BCUT2D eigenvalue weighted by Gasteiger charge is 2.27. The summed E-state index contributed by atoms with van der Waals surface area (Å²) in [5.41, 5.74) is 1.72. The Balaban J connectivity index is 1.53. The average molecular weight is 557 g/mol. The van der Waals surface area contributed by atoms with Crippen molar-refractivity contribution in [3.8, 4) is 11.6 Å². The predicted octanol–water partition coefficient (Wildman–Crippen LogP) is 4.25. The van der Waals surface area contributed by atoms with Gasteiger partial charge >= 0.3 is 6.03 Å². The molecule has 0 radical (unpaired) electrons. The van der Waals surface area contributed by atoms with Gasteiger partial charge in [0.15, 0.2) is 18.2 Å². The standard InChI is InChI=1S/C28H34F2N6O4/c1-4-35-14-8-9-20(16-24(40-35)19-12-13-22(29)23(30)15-19)32-28(38)33-26-18(2)27(39-17-25(37)31-3)34-36(26)21-10-6-5-7-11-21/h5-7,10-13,15,20,24H,4,8-9,14,16-17H2,1-3H3,(H,31,37)(H2,32,33,38)/t20-,24?/m0/s1. The first kappa shape index (κ1) is 29.0. The second-order valence-electron chi connectivity index (χ2n) is 9.45. The first-order chi connectivity index (χ1) is 19.3. The maximum Gasteiger partial charge on any atom is 0.320 e. The average Bonchev–Trinajstić information content (AvgIpc) is 3.25. The molecule has 3 aromatic rings. The molecule has 0 spiro atoms. The monoisotopic (exact) mass is 556 g/mol. The number of hydrogen-bond acceptors (Lipinski definition) is 6. The minimum absolute atomic E-state index is 0.208. The van der Waals surface area contributed by atoms with E-state index in [0.29, 0.717) is 48.6 Å². The van der Waals surface area contributed by atoms with E-state index in [0.717, 1.165) is 18.6 Å². The number of rotatable bonds is 8. The van der Waals surface area contributed by atoms with E-state index in [9.17, 15) is 18.4 Å². The number of amides is 3.